The Bertz CT molecular complexity index is 2100. The number of hydrogen-bond donors (Lipinski definition) is 1. The van der Waals surface area contributed by atoms with Crippen molar-refractivity contribution in [1.29, 1.82) is 0 Å². The number of aromatic nitrogens is 3. The fraction of sp³-hybridized carbons (Fsp3) is 0.294. The molecule has 0 bridgehead atoms. The number of rotatable bonds is 7. The van der Waals surface area contributed by atoms with E-state index in [0.717, 1.165) is 16.7 Å². The lowest BCUT2D eigenvalue weighted by Crippen LogP contribution is -2.37. The molecule has 5 aromatic rings. The van der Waals surface area contributed by atoms with Gasteiger partial charge in [0.05, 0.1) is 50.4 Å². The largest absolute Gasteiger partial charge is 0.502 e. The molecule has 2 aliphatic heterocycles. The van der Waals surface area contributed by atoms with E-state index in [9.17, 15) is 14.7 Å². The van der Waals surface area contributed by atoms with E-state index >= 15 is 0 Å². The maximum atomic E-state index is 13.5. The molecule has 0 radical (unpaired) electrons. The molecule has 13 nitrogen and oxygen atoms in total. The minimum absolute atomic E-state index is 0.0342. The molecule has 1 fully saturated rings. The van der Waals surface area contributed by atoms with Crippen molar-refractivity contribution in [1.82, 2.24) is 15.0 Å². The lowest BCUT2D eigenvalue weighted by atomic mass is 9.65. The van der Waals surface area contributed by atoms with Crippen molar-refractivity contribution in [2.24, 2.45) is 11.8 Å². The third kappa shape index (κ3) is 4.68. The van der Waals surface area contributed by atoms with E-state index in [1.54, 1.807) is 29.1 Å². The molecule has 240 valence electrons. The molecule has 1 N–H and O–H groups in total. The van der Waals surface area contributed by atoms with E-state index in [1.165, 1.54) is 20.3 Å². The molecule has 3 aromatic carbocycles. The highest BCUT2D eigenvalue weighted by Gasteiger charge is 2.53. The van der Waals surface area contributed by atoms with Crippen LogP contribution in [0.25, 0.3) is 11.0 Å². The van der Waals surface area contributed by atoms with E-state index in [4.69, 9.17) is 32.8 Å². The third-order valence-corrected chi connectivity index (χ3v) is 9.09. The SMILES string of the molecule is COc1cc([C@@H]2c3cc4c(cc3[C@@H](n3cc(COc5cc(=O)oc6ccc(C)cc56)nn3)[C@H]3COC(=O)[C@H]23)OCO4)cc(OC)c1O. The number of carbonyl (C=O) groups is 1. The van der Waals surface area contributed by atoms with Gasteiger partial charge in [0.2, 0.25) is 12.5 Å². The van der Waals surface area contributed by atoms with Crippen LogP contribution in [0.2, 0.25) is 0 Å². The maximum absolute atomic E-state index is 13.5. The van der Waals surface area contributed by atoms with Crippen LogP contribution in [0.4, 0.5) is 0 Å². The van der Waals surface area contributed by atoms with Crippen molar-refractivity contribution < 1.29 is 42.7 Å². The molecule has 0 amide bonds. The molecular formula is C34H29N3O10. The van der Waals surface area contributed by atoms with Crippen LogP contribution in [0.5, 0.6) is 34.5 Å². The van der Waals surface area contributed by atoms with Crippen molar-refractivity contribution in [3.63, 3.8) is 0 Å². The maximum Gasteiger partial charge on any atom is 0.339 e. The lowest BCUT2D eigenvalue weighted by Gasteiger charge is -2.39. The van der Waals surface area contributed by atoms with Crippen LogP contribution in [-0.2, 0) is 16.1 Å². The molecule has 47 heavy (non-hydrogen) atoms. The summed E-state index contributed by atoms with van der Waals surface area (Å²) < 4.78 is 41.2. The van der Waals surface area contributed by atoms with Crippen LogP contribution in [0.1, 0.15) is 39.9 Å². The quantitative estimate of drug-likeness (QED) is 0.200. The number of ether oxygens (including phenoxy) is 6. The summed E-state index contributed by atoms with van der Waals surface area (Å²) in [5.41, 5.74) is 3.76. The number of benzene rings is 3. The van der Waals surface area contributed by atoms with Gasteiger partial charge in [0, 0.05) is 11.8 Å². The average molecular weight is 640 g/mol. The summed E-state index contributed by atoms with van der Waals surface area (Å²) in [5, 5.41) is 20.2. The summed E-state index contributed by atoms with van der Waals surface area (Å²) in [5.74, 6) is -0.00791. The second kappa shape index (κ2) is 11.0. The number of phenols is 1. The van der Waals surface area contributed by atoms with Crippen LogP contribution >= 0.6 is 0 Å². The Hall–Kier alpha value is -5.72. The molecule has 2 aromatic heterocycles. The minimum Gasteiger partial charge on any atom is -0.502 e. The Morgan fingerprint density at radius 3 is 2.43 bits per heavy atom. The predicted molar refractivity (Wildman–Crippen MR) is 163 cm³/mol. The first-order valence-corrected chi connectivity index (χ1v) is 15.0. The molecule has 4 heterocycles. The zero-order valence-electron chi connectivity index (χ0n) is 25.6. The van der Waals surface area contributed by atoms with E-state index in [-0.39, 0.29) is 49.1 Å². The Kier molecular flexibility index (Phi) is 6.70. The second-order valence-electron chi connectivity index (χ2n) is 11.8. The van der Waals surface area contributed by atoms with Gasteiger partial charge in [-0.2, -0.15) is 0 Å². The smallest absolute Gasteiger partial charge is 0.339 e. The summed E-state index contributed by atoms with van der Waals surface area (Å²) in [7, 11) is 2.91. The fourth-order valence-electron chi connectivity index (χ4n) is 7.00. The van der Waals surface area contributed by atoms with Crippen LogP contribution in [0.3, 0.4) is 0 Å². The number of carbonyl (C=O) groups excluding carboxylic acids is 1. The van der Waals surface area contributed by atoms with E-state index in [2.05, 4.69) is 10.3 Å². The monoisotopic (exact) mass is 639 g/mol. The first-order valence-electron chi connectivity index (χ1n) is 15.0. The molecule has 1 aliphatic carbocycles. The van der Waals surface area contributed by atoms with Gasteiger partial charge in [0.15, 0.2) is 23.0 Å². The highest BCUT2D eigenvalue weighted by Crippen LogP contribution is 2.56. The number of nitrogens with zero attached hydrogens (tertiary/aromatic N) is 3. The van der Waals surface area contributed by atoms with Crippen molar-refractivity contribution in [2.45, 2.75) is 25.5 Å². The third-order valence-electron chi connectivity index (χ3n) is 9.09. The van der Waals surface area contributed by atoms with Gasteiger partial charge in [0.25, 0.3) is 0 Å². The van der Waals surface area contributed by atoms with Gasteiger partial charge in [-0.05, 0) is 60.0 Å². The number of esters is 1. The van der Waals surface area contributed by atoms with Crippen LogP contribution < -0.4 is 29.3 Å². The van der Waals surface area contributed by atoms with Gasteiger partial charge in [-0.25, -0.2) is 9.48 Å². The van der Waals surface area contributed by atoms with Crippen molar-refractivity contribution in [3.05, 3.63) is 93.1 Å². The first kappa shape index (κ1) is 28.7. The molecular weight excluding hydrogens is 610 g/mol. The van der Waals surface area contributed by atoms with Crippen molar-refractivity contribution in [3.8, 4) is 34.5 Å². The summed E-state index contributed by atoms with van der Waals surface area (Å²) in [6.07, 6.45) is 1.77. The molecule has 3 aliphatic rings. The van der Waals surface area contributed by atoms with Crippen LogP contribution in [0.15, 0.2) is 63.9 Å². The number of methoxy groups -OCH3 is 2. The molecule has 13 heteroatoms. The molecule has 4 atom stereocenters. The number of aryl methyl sites for hydroxylation is 1. The number of aromatic hydroxyl groups is 1. The van der Waals surface area contributed by atoms with E-state index < -0.39 is 23.5 Å². The standard InChI is InChI=1S/C34H29N3O10/c1-16-4-5-23-21(6-16)24(11-29(38)47-23)43-13-18-12-37(36-35-18)32-20-10-26-25(45-15-46-26)9-19(20)30(31-22(32)14-44-34(31)40)17-7-27(41-2)33(39)28(8-17)42-3/h4-12,22,30-32,39H,13-15H2,1-3H3/t22-,30+,31-,32+/m0/s1. The van der Waals surface area contributed by atoms with Crippen LogP contribution in [-0.4, -0.2) is 53.7 Å². The summed E-state index contributed by atoms with van der Waals surface area (Å²) >= 11 is 0. The summed E-state index contributed by atoms with van der Waals surface area (Å²) in [6.45, 7) is 2.20. The highest BCUT2D eigenvalue weighted by molar-refractivity contribution is 5.83. The van der Waals surface area contributed by atoms with Gasteiger partial charge >= 0.3 is 11.6 Å². The minimum atomic E-state index is -0.617. The molecule has 1 saturated heterocycles. The van der Waals surface area contributed by atoms with Crippen molar-refractivity contribution >= 4 is 16.9 Å². The highest BCUT2D eigenvalue weighted by atomic mass is 16.7. The number of fused-ring (bicyclic) bond motifs is 4. The normalized spacial score (nSPS) is 20.9. The molecule has 0 saturated carbocycles. The van der Waals surface area contributed by atoms with Gasteiger partial charge < -0.3 is 37.9 Å². The second-order valence-corrected chi connectivity index (χ2v) is 11.8. The Balaban J connectivity index is 1.20. The van der Waals surface area contributed by atoms with Gasteiger partial charge in [0.1, 0.15) is 23.6 Å². The Labute approximate surface area is 267 Å². The molecule has 0 unspecified atom stereocenters. The fourth-order valence-corrected chi connectivity index (χ4v) is 7.00. The van der Waals surface area contributed by atoms with Gasteiger partial charge in [-0.1, -0.05) is 16.8 Å². The zero-order valence-corrected chi connectivity index (χ0v) is 25.6. The van der Waals surface area contributed by atoms with Crippen LogP contribution in [0, 0.1) is 18.8 Å². The Morgan fingerprint density at radius 2 is 1.68 bits per heavy atom. The van der Waals surface area contributed by atoms with Crippen molar-refractivity contribution in [2.75, 3.05) is 27.6 Å². The molecule has 8 rings (SSSR count). The van der Waals surface area contributed by atoms with E-state index in [0.29, 0.717) is 39.5 Å². The van der Waals surface area contributed by atoms with E-state index in [1.807, 2.05) is 31.2 Å². The first-order chi connectivity index (χ1) is 22.8. The zero-order chi connectivity index (χ0) is 32.4. The number of phenolic OH excluding ortho intramolecular Hbond substituents is 1. The lowest BCUT2D eigenvalue weighted by molar-refractivity contribution is -0.141. The topological polar surface area (TPSA) is 154 Å². The van der Waals surface area contributed by atoms with Gasteiger partial charge in [-0.3, -0.25) is 4.79 Å². The summed E-state index contributed by atoms with van der Waals surface area (Å²) in [4.78, 5) is 25.7. The number of hydrogen-bond acceptors (Lipinski definition) is 12. The Morgan fingerprint density at radius 1 is 0.936 bits per heavy atom. The molecule has 0 spiro atoms. The summed E-state index contributed by atoms with van der Waals surface area (Å²) in [6, 6.07) is 13.6. The predicted octanol–water partition coefficient (Wildman–Crippen LogP) is 4.25. The average Bonchev–Trinajstić information content (AvgIpc) is 3.82. The number of cyclic esters (lactones) is 1. The van der Waals surface area contributed by atoms with Gasteiger partial charge in [-0.15, -0.1) is 5.10 Å².